The number of piperidine rings is 1. The average Bonchev–Trinajstić information content (AvgIpc) is 3.68. The molecule has 1 saturated heterocycles. The molecule has 1 aliphatic carbocycles. The zero-order valence-electron chi connectivity index (χ0n) is 19.1. The topological polar surface area (TPSA) is 112 Å². The second-order valence-electron chi connectivity index (χ2n) is 8.74. The van der Waals surface area contributed by atoms with Crippen LogP contribution in [0.3, 0.4) is 0 Å². The molecule has 1 aromatic heterocycles. The molecule has 0 spiro atoms. The van der Waals surface area contributed by atoms with E-state index in [1.807, 2.05) is 0 Å². The van der Waals surface area contributed by atoms with Crippen molar-refractivity contribution in [3.05, 3.63) is 42.4 Å². The van der Waals surface area contributed by atoms with Gasteiger partial charge < -0.3 is 4.90 Å². The van der Waals surface area contributed by atoms with Crippen LogP contribution in [-0.4, -0.2) is 64.5 Å². The molecule has 1 aromatic carbocycles. The molecule has 0 atom stereocenters. The average molecular weight is 571 g/mol. The van der Waals surface area contributed by atoms with Crippen molar-refractivity contribution in [2.75, 3.05) is 13.1 Å². The third-order valence-corrected chi connectivity index (χ3v) is 9.04. The minimum absolute atomic E-state index is 0. The highest BCUT2D eigenvalue weighted by molar-refractivity contribution is 7.93. The molecule has 2 aromatic rings. The van der Waals surface area contributed by atoms with Gasteiger partial charge in [-0.05, 0) is 44.2 Å². The van der Waals surface area contributed by atoms with Crippen LogP contribution < -0.4 is 5.48 Å². The number of aryl methyl sites for hydroxylation is 1. The molecule has 200 valence electrons. The molecule has 1 amide bonds. The van der Waals surface area contributed by atoms with Gasteiger partial charge in [-0.2, -0.15) is 13.2 Å². The molecule has 8 nitrogen and oxygen atoms in total. The number of carbonyl (C=O) groups excluding carboxylic acids is 1. The van der Waals surface area contributed by atoms with Gasteiger partial charge in [0.15, 0.2) is 14.6 Å². The smallest absolute Gasteiger partial charge is 0.300 e. The first-order valence-corrected chi connectivity index (χ1v) is 12.5. The number of aromatic nitrogens is 2. The van der Waals surface area contributed by atoms with Crippen molar-refractivity contribution in [2.24, 2.45) is 0 Å². The summed E-state index contributed by atoms with van der Waals surface area (Å²) in [7, 11) is -4.13. The molecule has 0 bridgehead atoms. The normalized spacial score (nSPS) is 18.0. The van der Waals surface area contributed by atoms with Crippen LogP contribution in [0.4, 0.5) is 13.2 Å². The summed E-state index contributed by atoms with van der Waals surface area (Å²) in [5.74, 6) is -0.938. The lowest BCUT2D eigenvalue weighted by atomic mass is 9.94. The van der Waals surface area contributed by atoms with E-state index in [2.05, 4.69) is 14.9 Å². The number of likely N-dealkylation sites (tertiary alicyclic amines) is 1. The highest BCUT2D eigenvalue weighted by Crippen LogP contribution is 2.39. The predicted octanol–water partition coefficient (Wildman–Crippen LogP) is 3.76. The Labute approximate surface area is 219 Å². The van der Waals surface area contributed by atoms with E-state index < -0.39 is 33.1 Å². The molecule has 4 rings (SSSR count). The van der Waals surface area contributed by atoms with Gasteiger partial charge in [0.25, 0.3) is 5.91 Å². The third kappa shape index (κ3) is 6.28. The fraction of sp³-hybridized carbons (Fsp3) is 0.500. The van der Waals surface area contributed by atoms with Crippen LogP contribution in [-0.2, 0) is 21.1 Å². The number of sulfone groups is 1. The second-order valence-corrected chi connectivity index (χ2v) is 11.0. The Morgan fingerprint density at radius 1 is 1.08 bits per heavy atom. The van der Waals surface area contributed by atoms with Crippen molar-refractivity contribution in [1.29, 1.82) is 0 Å². The van der Waals surface area contributed by atoms with Gasteiger partial charge in [0.05, 0.1) is 22.5 Å². The van der Waals surface area contributed by atoms with Crippen molar-refractivity contribution in [3.63, 3.8) is 0 Å². The van der Waals surface area contributed by atoms with E-state index >= 15 is 0 Å². The molecule has 2 fully saturated rings. The van der Waals surface area contributed by atoms with Crippen molar-refractivity contribution in [1.82, 2.24) is 20.3 Å². The number of halogens is 5. The number of benzene rings is 1. The van der Waals surface area contributed by atoms with Crippen molar-refractivity contribution >= 4 is 40.6 Å². The van der Waals surface area contributed by atoms with Gasteiger partial charge >= 0.3 is 6.18 Å². The standard InChI is InChI=1S/C22H25F3N4O4S.2ClH/c23-22(24,25)8-7-16-13-27-19(14-26-16)15-1-5-18(6-2-15)34(32,33)21(20(30)28-31)9-11-29(12-10-21)17-3-4-17;;/h1-2,5-6,13-14,17,31H,3-4,7-12H2,(H,28,30);2*1H. The Morgan fingerprint density at radius 2 is 1.69 bits per heavy atom. The van der Waals surface area contributed by atoms with Gasteiger partial charge in [0.2, 0.25) is 0 Å². The third-order valence-electron chi connectivity index (χ3n) is 6.53. The monoisotopic (exact) mass is 570 g/mol. The predicted molar refractivity (Wildman–Crippen MR) is 130 cm³/mol. The number of amides is 1. The first-order valence-electron chi connectivity index (χ1n) is 11.0. The summed E-state index contributed by atoms with van der Waals surface area (Å²) in [6.07, 6.45) is -0.658. The van der Waals surface area contributed by atoms with Crippen molar-refractivity contribution < 1.29 is 31.6 Å². The second kappa shape index (κ2) is 11.6. The van der Waals surface area contributed by atoms with E-state index in [1.54, 1.807) is 5.48 Å². The van der Waals surface area contributed by atoms with Crippen molar-refractivity contribution in [2.45, 2.75) is 60.4 Å². The largest absolute Gasteiger partial charge is 0.389 e. The number of nitrogens with zero attached hydrogens (tertiary/aromatic N) is 3. The summed E-state index contributed by atoms with van der Waals surface area (Å²) in [4.78, 5) is 22.9. The van der Waals surface area contributed by atoms with Crippen LogP contribution in [0, 0.1) is 0 Å². The Morgan fingerprint density at radius 3 is 2.17 bits per heavy atom. The molecule has 2 N–H and O–H groups in total. The molecule has 0 radical (unpaired) electrons. The first kappa shape index (κ1) is 30.2. The van der Waals surface area contributed by atoms with E-state index in [1.165, 1.54) is 36.7 Å². The molecular formula is C22H27Cl2F3N4O4S. The summed E-state index contributed by atoms with van der Waals surface area (Å²) in [6.45, 7) is 0.900. The molecule has 2 heterocycles. The lowest BCUT2D eigenvalue weighted by molar-refractivity contribution is -0.134. The summed E-state index contributed by atoms with van der Waals surface area (Å²) < 4.78 is 62.4. The lowest BCUT2D eigenvalue weighted by Gasteiger charge is -2.39. The Bertz CT molecular complexity index is 1140. The Balaban J connectivity index is 0.00000228. The van der Waals surface area contributed by atoms with Crippen LogP contribution in [0.25, 0.3) is 11.3 Å². The SMILES string of the molecule is Cl.Cl.O=C(NO)C1(S(=O)(=O)c2ccc(-c3cnc(CCC(F)(F)F)cn3)cc2)CCN(C2CC2)CC1. The van der Waals surface area contributed by atoms with E-state index in [0.29, 0.717) is 30.4 Å². The summed E-state index contributed by atoms with van der Waals surface area (Å²) in [6, 6.07) is 6.19. The molecular weight excluding hydrogens is 544 g/mol. The summed E-state index contributed by atoms with van der Waals surface area (Å²) in [5, 5.41) is 9.29. The van der Waals surface area contributed by atoms with Gasteiger partial charge in [0.1, 0.15) is 0 Å². The van der Waals surface area contributed by atoms with Gasteiger partial charge in [-0.15, -0.1) is 24.8 Å². The minimum Gasteiger partial charge on any atom is -0.300 e. The van der Waals surface area contributed by atoms with Crippen LogP contribution in [0.2, 0.25) is 0 Å². The highest BCUT2D eigenvalue weighted by Gasteiger charge is 2.54. The van der Waals surface area contributed by atoms with E-state index in [-0.39, 0.29) is 54.7 Å². The van der Waals surface area contributed by atoms with Gasteiger partial charge in [0, 0.05) is 37.3 Å². The molecule has 1 saturated carbocycles. The van der Waals surface area contributed by atoms with E-state index in [4.69, 9.17) is 0 Å². The number of hydrogen-bond acceptors (Lipinski definition) is 7. The molecule has 36 heavy (non-hydrogen) atoms. The fourth-order valence-corrected chi connectivity index (χ4v) is 6.30. The Hall–Kier alpha value is -1.99. The maximum Gasteiger partial charge on any atom is 0.389 e. The zero-order chi connectivity index (χ0) is 24.6. The highest BCUT2D eigenvalue weighted by atomic mass is 35.5. The van der Waals surface area contributed by atoms with Crippen LogP contribution >= 0.6 is 24.8 Å². The zero-order valence-corrected chi connectivity index (χ0v) is 21.5. The summed E-state index contributed by atoms with van der Waals surface area (Å²) >= 11 is 0. The number of alkyl halides is 3. The molecule has 2 aliphatic rings. The lowest BCUT2D eigenvalue weighted by Crippen LogP contribution is -2.58. The van der Waals surface area contributed by atoms with Gasteiger partial charge in [-0.3, -0.25) is 20.0 Å². The van der Waals surface area contributed by atoms with Crippen LogP contribution in [0.1, 0.15) is 37.8 Å². The number of hydrogen-bond donors (Lipinski definition) is 2. The Kier molecular flexibility index (Phi) is 9.74. The van der Waals surface area contributed by atoms with Crippen molar-refractivity contribution in [3.8, 4) is 11.3 Å². The summed E-state index contributed by atoms with van der Waals surface area (Å²) in [5.41, 5.74) is 2.65. The maximum absolute atomic E-state index is 13.5. The molecule has 0 unspecified atom stereocenters. The molecule has 1 aliphatic heterocycles. The fourth-order valence-electron chi connectivity index (χ4n) is 4.34. The van der Waals surface area contributed by atoms with Gasteiger partial charge in [-0.25, -0.2) is 13.9 Å². The van der Waals surface area contributed by atoms with E-state index in [0.717, 1.165) is 12.8 Å². The number of hydroxylamine groups is 1. The quantitative estimate of drug-likeness (QED) is 0.385. The minimum atomic E-state index is -4.28. The van der Waals surface area contributed by atoms with E-state index in [9.17, 15) is 31.6 Å². The first-order chi connectivity index (χ1) is 16.1. The van der Waals surface area contributed by atoms with Crippen LogP contribution in [0.15, 0.2) is 41.6 Å². The number of nitrogens with one attached hydrogen (secondary N) is 1. The van der Waals surface area contributed by atoms with Gasteiger partial charge in [-0.1, -0.05) is 12.1 Å². The molecule has 14 heteroatoms. The maximum atomic E-state index is 13.5. The number of rotatable bonds is 7. The number of carbonyl (C=O) groups is 1. The van der Waals surface area contributed by atoms with Crippen LogP contribution in [0.5, 0.6) is 0 Å².